The number of hydrogen-bond donors (Lipinski definition) is 2. The molecule has 0 aliphatic carbocycles. The molecular weight excluding hydrogens is 636 g/mol. The van der Waals surface area contributed by atoms with E-state index in [2.05, 4.69) is 5.32 Å². The summed E-state index contributed by atoms with van der Waals surface area (Å²) in [6.45, 7) is -0.807. The molecule has 1 amide bonds. The van der Waals surface area contributed by atoms with Gasteiger partial charge in [0, 0.05) is 46.6 Å². The number of likely N-dealkylation sites (tertiary alicyclic amines) is 1. The van der Waals surface area contributed by atoms with Gasteiger partial charge >= 0.3 is 18.0 Å². The molecule has 2 atom stereocenters. The Morgan fingerprint density at radius 3 is 2.09 bits per heavy atom. The van der Waals surface area contributed by atoms with Gasteiger partial charge in [-0.05, 0) is 55.2 Å². The van der Waals surface area contributed by atoms with E-state index in [0.29, 0.717) is 6.07 Å². The van der Waals surface area contributed by atoms with Crippen molar-refractivity contribution in [2.75, 3.05) is 29.9 Å². The molecule has 2 aromatic rings. The number of alkyl halides is 7. The number of hydrogen-bond acceptors (Lipinski definition) is 6. The first-order chi connectivity index (χ1) is 19.8. The standard InChI is InChI=1S/C26H24F8N2O5S2/c27-16-2-4-17(5-3-16)43(40,41)23-7-10-36(21(37)22(38)8-11-42(39)12-9-22)20(23)14-35-19-13-15(1-6-18(19)23)24(28,25(29,30)31)26(32,33)34/h1-6,13,20,35,38H,7-12,14H2. The molecular formula is C26H24F8N2O5S2. The van der Waals surface area contributed by atoms with Crippen molar-refractivity contribution in [2.24, 2.45) is 0 Å². The van der Waals surface area contributed by atoms with E-state index in [-0.39, 0.29) is 48.6 Å². The van der Waals surface area contributed by atoms with Crippen molar-refractivity contribution < 1.29 is 57.7 Å². The summed E-state index contributed by atoms with van der Waals surface area (Å²) in [5.41, 5.74) is -10.5. The smallest absolute Gasteiger partial charge is 0.383 e. The van der Waals surface area contributed by atoms with Crippen molar-refractivity contribution in [1.82, 2.24) is 4.90 Å². The number of fused-ring (bicyclic) bond motifs is 3. The molecule has 0 radical (unpaired) electrons. The van der Waals surface area contributed by atoms with E-state index in [4.69, 9.17) is 0 Å². The topological polar surface area (TPSA) is 104 Å². The predicted octanol–water partition coefficient (Wildman–Crippen LogP) is 4.08. The summed E-state index contributed by atoms with van der Waals surface area (Å²) in [5.74, 6) is -1.65. The number of sulfone groups is 1. The molecule has 2 fully saturated rings. The number of rotatable bonds is 4. The van der Waals surface area contributed by atoms with Gasteiger partial charge in [-0.3, -0.25) is 9.00 Å². The van der Waals surface area contributed by atoms with Crippen molar-refractivity contribution in [3.05, 3.63) is 59.4 Å². The average molecular weight is 661 g/mol. The molecule has 236 valence electrons. The summed E-state index contributed by atoms with van der Waals surface area (Å²) >= 11 is 0. The Hall–Kier alpha value is -2.79. The first-order valence-electron chi connectivity index (χ1n) is 12.9. The Kier molecular flexibility index (Phi) is 7.44. The normalized spacial score (nSPS) is 28.2. The van der Waals surface area contributed by atoms with Gasteiger partial charge in [-0.25, -0.2) is 17.2 Å². The minimum atomic E-state index is -6.41. The van der Waals surface area contributed by atoms with Crippen molar-refractivity contribution >= 4 is 32.2 Å². The lowest BCUT2D eigenvalue weighted by Gasteiger charge is -2.45. The van der Waals surface area contributed by atoms with E-state index in [9.17, 15) is 57.7 Å². The summed E-state index contributed by atoms with van der Waals surface area (Å²) in [7, 11) is -5.97. The van der Waals surface area contributed by atoms with Gasteiger partial charge in [-0.15, -0.1) is 0 Å². The van der Waals surface area contributed by atoms with Gasteiger partial charge in [0.2, 0.25) is 0 Å². The zero-order valence-corrected chi connectivity index (χ0v) is 23.6. The SMILES string of the molecule is O=C(N1CCC2(S(=O)(=O)c3ccc(F)cc3)c3ccc(C(F)(C(F)(F)F)C(F)(F)F)cc3NCC12)C1(O)CCS(=O)CC1. The summed E-state index contributed by atoms with van der Waals surface area (Å²) < 4.78 is 148. The number of anilines is 1. The number of halogens is 8. The van der Waals surface area contributed by atoms with Crippen molar-refractivity contribution in [3.8, 4) is 0 Å². The largest absolute Gasteiger partial charge is 0.435 e. The molecule has 2 unspecified atom stereocenters. The number of nitrogens with one attached hydrogen (secondary N) is 1. The number of benzene rings is 2. The van der Waals surface area contributed by atoms with Crippen LogP contribution in [0.25, 0.3) is 0 Å². The summed E-state index contributed by atoms with van der Waals surface area (Å²) in [5, 5.41) is 13.7. The lowest BCUT2D eigenvalue weighted by Crippen LogP contribution is -2.60. The monoisotopic (exact) mass is 660 g/mol. The van der Waals surface area contributed by atoms with Gasteiger partial charge in [0.25, 0.3) is 5.91 Å². The highest BCUT2D eigenvalue weighted by Gasteiger charge is 2.74. The van der Waals surface area contributed by atoms with Gasteiger partial charge in [0.15, 0.2) is 9.84 Å². The molecule has 3 heterocycles. The van der Waals surface area contributed by atoms with E-state index in [0.717, 1.165) is 29.2 Å². The lowest BCUT2D eigenvalue weighted by atomic mass is 9.83. The minimum Gasteiger partial charge on any atom is -0.383 e. The summed E-state index contributed by atoms with van der Waals surface area (Å²) in [4.78, 5) is 14.3. The second-order valence-electron chi connectivity index (χ2n) is 10.8. The van der Waals surface area contributed by atoms with Gasteiger partial charge in [-0.1, -0.05) is 12.1 Å². The summed E-state index contributed by atoms with van der Waals surface area (Å²) in [6.07, 6.45) is -13.6. The van der Waals surface area contributed by atoms with E-state index in [1.165, 1.54) is 0 Å². The van der Waals surface area contributed by atoms with Crippen LogP contribution in [0.2, 0.25) is 0 Å². The van der Waals surface area contributed by atoms with Crippen LogP contribution in [0, 0.1) is 5.82 Å². The Labute approximate surface area is 242 Å². The first-order valence-corrected chi connectivity index (χ1v) is 15.9. The van der Waals surface area contributed by atoms with E-state index < -0.39 is 95.9 Å². The highest BCUT2D eigenvalue weighted by Crippen LogP contribution is 2.57. The maximum absolute atomic E-state index is 14.9. The first kappa shape index (κ1) is 31.6. The average Bonchev–Trinajstić information content (AvgIpc) is 3.34. The van der Waals surface area contributed by atoms with E-state index in [1.54, 1.807) is 0 Å². The zero-order valence-electron chi connectivity index (χ0n) is 21.9. The second kappa shape index (κ2) is 10.1. The Balaban J connectivity index is 1.68. The molecule has 0 aromatic heterocycles. The van der Waals surface area contributed by atoms with Crippen LogP contribution < -0.4 is 5.32 Å². The van der Waals surface area contributed by atoms with Crippen LogP contribution >= 0.6 is 0 Å². The van der Waals surface area contributed by atoms with Crippen LogP contribution in [0.3, 0.4) is 0 Å². The number of carbonyl (C=O) groups is 1. The molecule has 7 nitrogen and oxygen atoms in total. The van der Waals surface area contributed by atoms with Crippen molar-refractivity contribution in [1.29, 1.82) is 0 Å². The van der Waals surface area contributed by atoms with Gasteiger partial charge in [0.1, 0.15) is 16.2 Å². The van der Waals surface area contributed by atoms with E-state index >= 15 is 0 Å². The molecule has 5 rings (SSSR count). The fourth-order valence-electron chi connectivity index (χ4n) is 6.22. The highest BCUT2D eigenvalue weighted by molar-refractivity contribution is 7.92. The maximum atomic E-state index is 14.9. The third-order valence-electron chi connectivity index (χ3n) is 8.53. The molecule has 43 heavy (non-hydrogen) atoms. The highest BCUT2D eigenvalue weighted by atomic mass is 32.2. The number of nitrogens with zero attached hydrogens (tertiary/aromatic N) is 1. The quantitative estimate of drug-likeness (QED) is 0.379. The van der Waals surface area contributed by atoms with Crippen LogP contribution in [0.15, 0.2) is 47.4 Å². The zero-order chi connectivity index (χ0) is 31.8. The van der Waals surface area contributed by atoms with Gasteiger partial charge in [-0.2, -0.15) is 26.3 Å². The molecule has 0 bridgehead atoms. The molecule has 0 saturated carbocycles. The third-order valence-corrected chi connectivity index (χ3v) is 12.4. The van der Waals surface area contributed by atoms with E-state index in [1.807, 2.05) is 0 Å². The molecule has 2 N–H and O–H groups in total. The van der Waals surface area contributed by atoms with Crippen LogP contribution in [-0.2, 0) is 35.8 Å². The number of amides is 1. The van der Waals surface area contributed by atoms with Gasteiger partial charge < -0.3 is 15.3 Å². The number of aliphatic hydroxyl groups is 1. The molecule has 0 spiro atoms. The van der Waals surface area contributed by atoms with Crippen LogP contribution in [0.1, 0.15) is 30.4 Å². The van der Waals surface area contributed by atoms with Crippen LogP contribution in [0.5, 0.6) is 0 Å². The molecule has 3 aliphatic rings. The van der Waals surface area contributed by atoms with Crippen LogP contribution in [0.4, 0.5) is 40.8 Å². The number of carbonyl (C=O) groups excluding carboxylic acids is 1. The Morgan fingerprint density at radius 2 is 1.53 bits per heavy atom. The fourth-order valence-corrected chi connectivity index (χ4v) is 9.86. The Morgan fingerprint density at radius 1 is 0.953 bits per heavy atom. The molecule has 2 aromatic carbocycles. The van der Waals surface area contributed by atoms with Crippen molar-refractivity contribution in [3.63, 3.8) is 0 Å². The molecule has 2 saturated heterocycles. The van der Waals surface area contributed by atoms with Crippen molar-refractivity contribution in [2.45, 2.75) is 58.6 Å². The maximum Gasteiger partial charge on any atom is 0.435 e. The fraction of sp³-hybridized carbons (Fsp3) is 0.500. The second-order valence-corrected chi connectivity index (χ2v) is 14.7. The molecule has 3 aliphatic heterocycles. The lowest BCUT2D eigenvalue weighted by molar-refractivity contribution is -0.348. The predicted molar refractivity (Wildman–Crippen MR) is 137 cm³/mol. The third kappa shape index (κ3) is 4.64. The summed E-state index contributed by atoms with van der Waals surface area (Å²) in [6, 6.07) is 3.33. The van der Waals surface area contributed by atoms with Crippen LogP contribution in [-0.4, -0.2) is 77.1 Å². The minimum absolute atomic E-state index is 0.00696. The van der Waals surface area contributed by atoms with Gasteiger partial charge in [0.05, 0.1) is 10.9 Å². The molecule has 17 heteroatoms. The Bertz CT molecular complexity index is 1560.